The van der Waals surface area contributed by atoms with Gasteiger partial charge < -0.3 is 10.1 Å². The number of anilines is 1. The molecule has 0 radical (unpaired) electrons. The van der Waals surface area contributed by atoms with Crippen molar-refractivity contribution in [3.05, 3.63) is 70.7 Å². The molecular weight excluding hydrogens is 372 g/mol. The lowest BCUT2D eigenvalue weighted by Crippen LogP contribution is -2.30. The first kappa shape index (κ1) is 19.8. The molecule has 1 heterocycles. The van der Waals surface area contributed by atoms with Crippen molar-refractivity contribution < 1.29 is 14.3 Å². The van der Waals surface area contributed by atoms with Crippen molar-refractivity contribution in [3.8, 4) is 10.6 Å². The zero-order chi connectivity index (χ0) is 20.1. The van der Waals surface area contributed by atoms with Gasteiger partial charge in [-0.3, -0.25) is 9.59 Å². The highest BCUT2D eigenvalue weighted by molar-refractivity contribution is 7.13. The van der Waals surface area contributed by atoms with Gasteiger partial charge in [0.05, 0.1) is 12.1 Å². The smallest absolute Gasteiger partial charge is 0.312 e. The summed E-state index contributed by atoms with van der Waals surface area (Å²) in [5.41, 5.74) is 4.60. The number of carbonyl (C=O) groups is 2. The van der Waals surface area contributed by atoms with E-state index >= 15 is 0 Å². The van der Waals surface area contributed by atoms with Crippen LogP contribution in [0.2, 0.25) is 0 Å². The first-order valence-electron chi connectivity index (χ1n) is 8.99. The molecule has 5 nitrogen and oxygen atoms in total. The molecule has 0 aliphatic heterocycles. The Hall–Kier alpha value is -2.99. The Balaban J connectivity index is 1.54. The number of amides is 1. The van der Waals surface area contributed by atoms with Gasteiger partial charge in [0.1, 0.15) is 5.01 Å². The minimum atomic E-state index is -0.885. The molecule has 0 aliphatic carbocycles. The molecule has 0 aliphatic rings. The van der Waals surface area contributed by atoms with E-state index < -0.39 is 12.1 Å². The fourth-order valence-corrected chi connectivity index (χ4v) is 3.36. The number of esters is 1. The standard InChI is InChI=1S/C22H22N2O3S/c1-14-4-8-17(9-5-14)22-24-19(13-28-22)12-20(25)27-16(3)21(26)23-18-10-6-15(2)7-11-18/h4-11,13,16H,12H2,1-3H3,(H,23,26)/t16-/m1/s1. The molecule has 3 aromatic rings. The molecule has 1 aromatic heterocycles. The average Bonchev–Trinajstić information content (AvgIpc) is 3.12. The molecule has 0 unspecified atom stereocenters. The van der Waals surface area contributed by atoms with Crippen LogP contribution in [0.1, 0.15) is 23.7 Å². The maximum atomic E-state index is 12.2. The van der Waals surface area contributed by atoms with E-state index in [0.29, 0.717) is 11.4 Å². The van der Waals surface area contributed by atoms with E-state index in [1.54, 1.807) is 6.92 Å². The van der Waals surface area contributed by atoms with Crippen molar-refractivity contribution in [2.24, 2.45) is 0 Å². The molecule has 3 rings (SSSR count). The number of aryl methyl sites for hydroxylation is 2. The largest absolute Gasteiger partial charge is 0.452 e. The zero-order valence-electron chi connectivity index (χ0n) is 16.1. The molecule has 0 spiro atoms. The minimum absolute atomic E-state index is 0.0323. The van der Waals surface area contributed by atoms with E-state index in [1.165, 1.54) is 16.9 Å². The molecule has 0 fully saturated rings. The fraction of sp³-hybridized carbons (Fsp3) is 0.227. The minimum Gasteiger partial charge on any atom is -0.452 e. The quantitative estimate of drug-likeness (QED) is 0.623. The first-order chi connectivity index (χ1) is 13.4. The molecular formula is C22H22N2O3S. The van der Waals surface area contributed by atoms with E-state index in [1.807, 2.05) is 67.8 Å². The lowest BCUT2D eigenvalue weighted by atomic mass is 10.2. The average molecular weight is 394 g/mol. The molecule has 1 N–H and O–H groups in total. The van der Waals surface area contributed by atoms with Crippen LogP contribution >= 0.6 is 11.3 Å². The first-order valence-corrected chi connectivity index (χ1v) is 9.87. The number of rotatable bonds is 6. The monoisotopic (exact) mass is 394 g/mol. The second kappa shape index (κ2) is 8.80. The second-order valence-electron chi connectivity index (χ2n) is 6.67. The lowest BCUT2D eigenvalue weighted by Gasteiger charge is -2.13. The van der Waals surface area contributed by atoms with Gasteiger partial charge in [-0.2, -0.15) is 0 Å². The number of hydrogen-bond donors (Lipinski definition) is 1. The Morgan fingerprint density at radius 3 is 2.29 bits per heavy atom. The molecule has 0 bridgehead atoms. The van der Waals surface area contributed by atoms with E-state index in [0.717, 1.165) is 16.1 Å². The maximum Gasteiger partial charge on any atom is 0.312 e. The van der Waals surface area contributed by atoms with Gasteiger partial charge in [0.2, 0.25) is 0 Å². The highest BCUT2D eigenvalue weighted by Crippen LogP contribution is 2.24. The molecule has 6 heteroatoms. The van der Waals surface area contributed by atoms with Crippen LogP contribution in [0, 0.1) is 13.8 Å². The Bertz CT molecular complexity index is 962. The number of nitrogens with one attached hydrogen (secondary N) is 1. The summed E-state index contributed by atoms with van der Waals surface area (Å²) < 4.78 is 5.26. The summed E-state index contributed by atoms with van der Waals surface area (Å²) in [6.45, 7) is 5.56. The van der Waals surface area contributed by atoms with Crippen LogP contribution in [-0.4, -0.2) is 23.0 Å². The molecule has 1 amide bonds. The van der Waals surface area contributed by atoms with E-state index in [2.05, 4.69) is 10.3 Å². The number of nitrogens with zero attached hydrogens (tertiary/aromatic N) is 1. The van der Waals surface area contributed by atoms with Crippen molar-refractivity contribution in [1.82, 2.24) is 4.98 Å². The van der Waals surface area contributed by atoms with Gasteiger partial charge in [-0.05, 0) is 32.9 Å². The summed E-state index contributed by atoms with van der Waals surface area (Å²) in [6, 6.07) is 15.5. The van der Waals surface area contributed by atoms with Crippen molar-refractivity contribution in [2.45, 2.75) is 33.3 Å². The Labute approximate surface area is 168 Å². The van der Waals surface area contributed by atoms with Crippen LogP contribution in [0.3, 0.4) is 0 Å². The lowest BCUT2D eigenvalue weighted by molar-refractivity contribution is -0.152. The summed E-state index contributed by atoms with van der Waals surface area (Å²) in [4.78, 5) is 28.9. The van der Waals surface area contributed by atoms with Crippen LogP contribution in [0.5, 0.6) is 0 Å². The van der Waals surface area contributed by atoms with Crippen LogP contribution in [0.15, 0.2) is 53.9 Å². The molecule has 144 valence electrons. The molecule has 28 heavy (non-hydrogen) atoms. The zero-order valence-corrected chi connectivity index (χ0v) is 16.9. The van der Waals surface area contributed by atoms with Crippen molar-refractivity contribution in [1.29, 1.82) is 0 Å². The number of aromatic nitrogens is 1. The van der Waals surface area contributed by atoms with Gasteiger partial charge in [-0.15, -0.1) is 11.3 Å². The van der Waals surface area contributed by atoms with E-state index in [9.17, 15) is 9.59 Å². The topological polar surface area (TPSA) is 68.3 Å². The number of ether oxygens (including phenoxy) is 1. The summed E-state index contributed by atoms with van der Waals surface area (Å²) in [7, 11) is 0. The fourth-order valence-electron chi connectivity index (χ4n) is 2.54. The Morgan fingerprint density at radius 1 is 1.04 bits per heavy atom. The molecule has 1 atom stereocenters. The summed E-state index contributed by atoms with van der Waals surface area (Å²) in [6.07, 6.45) is -0.853. The number of hydrogen-bond acceptors (Lipinski definition) is 5. The second-order valence-corrected chi connectivity index (χ2v) is 7.53. The van der Waals surface area contributed by atoms with Crippen LogP contribution in [-0.2, 0) is 20.7 Å². The predicted molar refractivity (Wildman–Crippen MR) is 111 cm³/mol. The van der Waals surface area contributed by atoms with Crippen LogP contribution in [0.25, 0.3) is 10.6 Å². The van der Waals surface area contributed by atoms with Gasteiger partial charge in [-0.25, -0.2) is 4.98 Å². The van der Waals surface area contributed by atoms with Crippen molar-refractivity contribution in [2.75, 3.05) is 5.32 Å². The normalized spacial score (nSPS) is 11.7. The highest BCUT2D eigenvalue weighted by atomic mass is 32.1. The highest BCUT2D eigenvalue weighted by Gasteiger charge is 2.19. The van der Waals surface area contributed by atoms with Gasteiger partial charge >= 0.3 is 5.97 Å². The third-order valence-electron chi connectivity index (χ3n) is 4.17. The number of thiazole rings is 1. The van der Waals surface area contributed by atoms with E-state index in [-0.39, 0.29) is 12.3 Å². The summed E-state index contributed by atoms with van der Waals surface area (Å²) >= 11 is 1.48. The van der Waals surface area contributed by atoms with Crippen LogP contribution < -0.4 is 5.32 Å². The third-order valence-corrected chi connectivity index (χ3v) is 5.11. The Morgan fingerprint density at radius 2 is 1.64 bits per heavy atom. The van der Waals surface area contributed by atoms with Gasteiger partial charge in [0.25, 0.3) is 5.91 Å². The number of benzene rings is 2. The molecule has 0 saturated carbocycles. The molecule has 0 saturated heterocycles. The SMILES string of the molecule is Cc1ccc(NC(=O)[C@@H](C)OC(=O)Cc2csc(-c3ccc(C)cc3)n2)cc1. The van der Waals surface area contributed by atoms with Gasteiger partial charge in [0, 0.05) is 16.6 Å². The van der Waals surface area contributed by atoms with Crippen molar-refractivity contribution >= 4 is 28.9 Å². The van der Waals surface area contributed by atoms with Crippen LogP contribution in [0.4, 0.5) is 5.69 Å². The summed E-state index contributed by atoms with van der Waals surface area (Å²) in [5, 5.41) is 5.43. The summed E-state index contributed by atoms with van der Waals surface area (Å²) in [5.74, 6) is -0.844. The predicted octanol–water partition coefficient (Wildman–Crippen LogP) is 4.54. The molecule has 2 aromatic carbocycles. The van der Waals surface area contributed by atoms with Gasteiger partial charge in [0.15, 0.2) is 6.10 Å². The third kappa shape index (κ3) is 5.27. The van der Waals surface area contributed by atoms with Gasteiger partial charge in [-0.1, -0.05) is 47.5 Å². The maximum absolute atomic E-state index is 12.2. The van der Waals surface area contributed by atoms with E-state index in [4.69, 9.17) is 4.74 Å². The van der Waals surface area contributed by atoms with Crippen molar-refractivity contribution in [3.63, 3.8) is 0 Å². The number of carbonyl (C=O) groups excluding carboxylic acids is 2. The Kier molecular flexibility index (Phi) is 6.21.